The highest BCUT2D eigenvalue weighted by Crippen LogP contribution is 2.24. The molecule has 1 aromatic rings. The molecule has 2 aliphatic rings. The Hall–Kier alpha value is -1.36. The standard InChI is InChI=1S/C12H18N4O/c17-12(9-16-6-2-5-14-16)15-7-10-3-1-4-13-11(10)8-15/h2,5-6,10-11,13H,1,3-4,7-9H2/t10-,11+/m0/s1. The summed E-state index contributed by atoms with van der Waals surface area (Å²) < 4.78 is 1.69. The minimum atomic E-state index is 0.185. The molecule has 0 aliphatic carbocycles. The van der Waals surface area contributed by atoms with Crippen molar-refractivity contribution in [2.45, 2.75) is 25.4 Å². The van der Waals surface area contributed by atoms with Gasteiger partial charge in [0.1, 0.15) is 6.54 Å². The predicted molar refractivity (Wildman–Crippen MR) is 63.3 cm³/mol. The minimum Gasteiger partial charge on any atom is -0.339 e. The monoisotopic (exact) mass is 234 g/mol. The third kappa shape index (κ3) is 2.20. The Morgan fingerprint density at radius 2 is 2.41 bits per heavy atom. The van der Waals surface area contributed by atoms with Crippen molar-refractivity contribution in [2.75, 3.05) is 19.6 Å². The van der Waals surface area contributed by atoms with E-state index in [1.54, 1.807) is 10.9 Å². The van der Waals surface area contributed by atoms with Crippen molar-refractivity contribution in [3.8, 4) is 0 Å². The summed E-state index contributed by atoms with van der Waals surface area (Å²) in [4.78, 5) is 14.1. The van der Waals surface area contributed by atoms with E-state index in [1.165, 1.54) is 12.8 Å². The van der Waals surface area contributed by atoms with Gasteiger partial charge in [0.05, 0.1) is 0 Å². The Morgan fingerprint density at radius 3 is 3.18 bits per heavy atom. The van der Waals surface area contributed by atoms with E-state index in [-0.39, 0.29) is 5.91 Å². The van der Waals surface area contributed by atoms with Crippen molar-refractivity contribution < 1.29 is 4.79 Å². The lowest BCUT2D eigenvalue weighted by Gasteiger charge is -2.24. The number of carbonyl (C=O) groups excluding carboxylic acids is 1. The molecule has 0 saturated carbocycles. The molecule has 1 amide bonds. The van der Waals surface area contributed by atoms with Gasteiger partial charge in [-0.05, 0) is 31.4 Å². The normalized spacial score (nSPS) is 28.1. The van der Waals surface area contributed by atoms with Crippen molar-refractivity contribution in [1.82, 2.24) is 20.0 Å². The summed E-state index contributed by atoms with van der Waals surface area (Å²) >= 11 is 0. The molecule has 0 unspecified atom stereocenters. The molecule has 92 valence electrons. The van der Waals surface area contributed by atoms with Crippen LogP contribution in [-0.2, 0) is 11.3 Å². The molecule has 3 heterocycles. The average Bonchev–Trinajstić information content (AvgIpc) is 2.96. The number of hydrogen-bond donors (Lipinski definition) is 1. The Morgan fingerprint density at radius 1 is 1.47 bits per heavy atom. The number of carbonyl (C=O) groups is 1. The number of amides is 1. The van der Waals surface area contributed by atoms with Crippen molar-refractivity contribution >= 4 is 5.91 Å². The lowest BCUT2D eigenvalue weighted by atomic mass is 9.94. The fourth-order valence-corrected chi connectivity index (χ4v) is 2.88. The van der Waals surface area contributed by atoms with E-state index in [0.717, 1.165) is 19.6 Å². The van der Waals surface area contributed by atoms with Gasteiger partial charge in [-0.3, -0.25) is 9.48 Å². The van der Waals surface area contributed by atoms with E-state index in [2.05, 4.69) is 10.4 Å². The van der Waals surface area contributed by atoms with E-state index >= 15 is 0 Å². The molecule has 17 heavy (non-hydrogen) atoms. The lowest BCUT2D eigenvalue weighted by Crippen LogP contribution is -2.41. The van der Waals surface area contributed by atoms with Crippen LogP contribution in [0.1, 0.15) is 12.8 Å². The summed E-state index contributed by atoms with van der Waals surface area (Å²) in [5, 5.41) is 7.58. The van der Waals surface area contributed by atoms with E-state index in [9.17, 15) is 4.79 Å². The average molecular weight is 234 g/mol. The van der Waals surface area contributed by atoms with E-state index in [1.807, 2.05) is 17.2 Å². The highest BCUT2D eigenvalue weighted by molar-refractivity contribution is 5.76. The first-order valence-electron chi connectivity index (χ1n) is 6.31. The largest absolute Gasteiger partial charge is 0.339 e. The molecule has 2 saturated heterocycles. The molecule has 0 bridgehead atoms. The molecule has 1 aromatic heterocycles. The van der Waals surface area contributed by atoms with E-state index in [4.69, 9.17) is 0 Å². The molecule has 2 atom stereocenters. The van der Waals surface area contributed by atoms with Gasteiger partial charge in [0.25, 0.3) is 0 Å². The van der Waals surface area contributed by atoms with Crippen LogP contribution in [0.2, 0.25) is 0 Å². The number of nitrogens with one attached hydrogen (secondary N) is 1. The fraction of sp³-hybridized carbons (Fsp3) is 0.667. The highest BCUT2D eigenvalue weighted by Gasteiger charge is 2.36. The Balaban J connectivity index is 1.60. The smallest absolute Gasteiger partial charge is 0.244 e. The van der Waals surface area contributed by atoms with Crippen molar-refractivity contribution in [2.24, 2.45) is 5.92 Å². The first-order valence-corrected chi connectivity index (χ1v) is 6.31. The number of piperidine rings is 1. The third-order valence-electron chi connectivity index (χ3n) is 3.81. The van der Waals surface area contributed by atoms with Gasteiger partial charge < -0.3 is 10.2 Å². The maximum absolute atomic E-state index is 12.1. The molecule has 2 fully saturated rings. The summed E-state index contributed by atoms with van der Waals surface area (Å²) in [5.74, 6) is 0.843. The molecule has 3 rings (SSSR count). The van der Waals surface area contributed by atoms with Gasteiger partial charge in [0.15, 0.2) is 0 Å². The van der Waals surface area contributed by atoms with Crippen LogP contribution in [0.25, 0.3) is 0 Å². The molecule has 5 heteroatoms. The molecule has 2 aliphatic heterocycles. The zero-order chi connectivity index (χ0) is 11.7. The number of rotatable bonds is 2. The van der Waals surface area contributed by atoms with Crippen LogP contribution in [0.5, 0.6) is 0 Å². The number of nitrogens with zero attached hydrogens (tertiary/aromatic N) is 3. The van der Waals surface area contributed by atoms with Gasteiger partial charge in [0.2, 0.25) is 5.91 Å². The quantitative estimate of drug-likeness (QED) is 0.789. The van der Waals surface area contributed by atoms with Crippen LogP contribution < -0.4 is 5.32 Å². The van der Waals surface area contributed by atoms with Crippen molar-refractivity contribution in [3.05, 3.63) is 18.5 Å². The SMILES string of the molecule is O=C(Cn1cccn1)N1C[C@@H]2CCCN[C@@H]2C1. The second-order valence-electron chi connectivity index (χ2n) is 4.97. The summed E-state index contributed by atoms with van der Waals surface area (Å²) in [7, 11) is 0. The molecular weight excluding hydrogens is 216 g/mol. The number of likely N-dealkylation sites (tertiary alicyclic amines) is 1. The molecule has 1 N–H and O–H groups in total. The van der Waals surface area contributed by atoms with Crippen LogP contribution in [0.3, 0.4) is 0 Å². The molecule has 0 spiro atoms. The van der Waals surface area contributed by atoms with Crippen molar-refractivity contribution in [3.63, 3.8) is 0 Å². The topological polar surface area (TPSA) is 50.2 Å². The summed E-state index contributed by atoms with van der Waals surface area (Å²) in [6, 6.07) is 2.36. The third-order valence-corrected chi connectivity index (χ3v) is 3.81. The predicted octanol–water partition coefficient (Wildman–Crippen LogP) is 0.0935. The first kappa shape index (κ1) is 10.8. The summed E-state index contributed by atoms with van der Waals surface area (Å²) in [5.41, 5.74) is 0. The Labute approximate surface area is 101 Å². The molecular formula is C12H18N4O. The van der Waals surface area contributed by atoms with Crippen molar-refractivity contribution in [1.29, 1.82) is 0 Å². The van der Waals surface area contributed by atoms with Gasteiger partial charge in [0, 0.05) is 31.5 Å². The first-order chi connectivity index (χ1) is 8.33. The number of aromatic nitrogens is 2. The van der Waals surface area contributed by atoms with Crippen LogP contribution in [0.4, 0.5) is 0 Å². The van der Waals surface area contributed by atoms with Crippen LogP contribution in [-0.4, -0.2) is 46.3 Å². The second-order valence-corrected chi connectivity index (χ2v) is 4.97. The molecule has 5 nitrogen and oxygen atoms in total. The number of fused-ring (bicyclic) bond motifs is 1. The van der Waals surface area contributed by atoms with Crippen LogP contribution in [0, 0.1) is 5.92 Å². The highest BCUT2D eigenvalue weighted by atomic mass is 16.2. The van der Waals surface area contributed by atoms with Gasteiger partial charge in [-0.1, -0.05) is 0 Å². The second kappa shape index (κ2) is 4.49. The van der Waals surface area contributed by atoms with Crippen LogP contribution >= 0.6 is 0 Å². The zero-order valence-electron chi connectivity index (χ0n) is 9.88. The van der Waals surface area contributed by atoms with Gasteiger partial charge in [-0.25, -0.2) is 0 Å². The fourth-order valence-electron chi connectivity index (χ4n) is 2.88. The van der Waals surface area contributed by atoms with Crippen LogP contribution in [0.15, 0.2) is 18.5 Å². The number of hydrogen-bond acceptors (Lipinski definition) is 3. The van der Waals surface area contributed by atoms with Gasteiger partial charge in [-0.15, -0.1) is 0 Å². The maximum Gasteiger partial charge on any atom is 0.244 e. The van der Waals surface area contributed by atoms with Gasteiger partial charge >= 0.3 is 0 Å². The van der Waals surface area contributed by atoms with E-state index in [0.29, 0.717) is 18.5 Å². The van der Waals surface area contributed by atoms with Gasteiger partial charge in [-0.2, -0.15) is 5.10 Å². The van der Waals surface area contributed by atoms with E-state index < -0.39 is 0 Å². The minimum absolute atomic E-state index is 0.185. The maximum atomic E-state index is 12.1. The lowest BCUT2D eigenvalue weighted by molar-refractivity contribution is -0.131. The summed E-state index contributed by atoms with van der Waals surface area (Å²) in [6.07, 6.45) is 6.03. The zero-order valence-corrected chi connectivity index (χ0v) is 9.88. The summed E-state index contributed by atoms with van der Waals surface area (Å²) in [6.45, 7) is 3.25. The molecule has 0 radical (unpaired) electrons. The Kier molecular flexibility index (Phi) is 2.84. The Bertz CT molecular complexity index is 375. The molecule has 0 aromatic carbocycles.